The molecule has 0 aliphatic heterocycles. The lowest BCUT2D eigenvalue weighted by molar-refractivity contribution is -0.384. The van der Waals surface area contributed by atoms with Crippen LogP contribution in [-0.4, -0.2) is 27.7 Å². The zero-order valence-corrected chi connectivity index (χ0v) is 9.72. The number of aromatic hydroxyl groups is 1. The molecule has 1 aromatic rings. The lowest BCUT2D eigenvalue weighted by Crippen LogP contribution is -2.03. The monoisotopic (exact) mass is 254 g/mol. The molecule has 0 amide bonds. The van der Waals surface area contributed by atoms with E-state index in [4.69, 9.17) is 5.73 Å². The molecule has 1 aromatic carbocycles. The molecular weight excluding hydrogens is 244 g/mol. The van der Waals surface area contributed by atoms with E-state index >= 15 is 0 Å². The number of nitrogens with zero attached hydrogens (tertiary/aromatic N) is 3. The molecular formula is C9H10N4O3S. The summed E-state index contributed by atoms with van der Waals surface area (Å²) >= 11 is 1.22. The van der Waals surface area contributed by atoms with E-state index in [2.05, 4.69) is 10.2 Å². The molecule has 1 rings (SSSR count). The van der Waals surface area contributed by atoms with Crippen molar-refractivity contribution in [3.05, 3.63) is 33.9 Å². The summed E-state index contributed by atoms with van der Waals surface area (Å²) in [4.78, 5) is 9.96. The van der Waals surface area contributed by atoms with Crippen molar-refractivity contribution in [3.63, 3.8) is 0 Å². The SMILES string of the molecule is CS/C(N)=N\N=Cc1cc([N+](=O)[O-])ccc1O. The summed E-state index contributed by atoms with van der Waals surface area (Å²) in [6.45, 7) is 0. The first kappa shape index (κ1) is 13.0. The van der Waals surface area contributed by atoms with Gasteiger partial charge in [0.05, 0.1) is 11.1 Å². The van der Waals surface area contributed by atoms with E-state index in [1.54, 1.807) is 6.26 Å². The third-order valence-electron chi connectivity index (χ3n) is 1.78. The van der Waals surface area contributed by atoms with Crippen LogP contribution in [0.15, 0.2) is 28.4 Å². The van der Waals surface area contributed by atoms with Gasteiger partial charge in [-0.3, -0.25) is 10.1 Å². The van der Waals surface area contributed by atoms with Crippen LogP contribution in [0.25, 0.3) is 0 Å². The molecule has 0 spiro atoms. The number of nitrogens with two attached hydrogens (primary N) is 1. The van der Waals surface area contributed by atoms with Gasteiger partial charge in [-0.2, -0.15) is 5.10 Å². The van der Waals surface area contributed by atoms with Gasteiger partial charge in [-0.15, -0.1) is 5.10 Å². The second kappa shape index (κ2) is 5.85. The van der Waals surface area contributed by atoms with E-state index < -0.39 is 4.92 Å². The fourth-order valence-electron chi connectivity index (χ4n) is 0.948. The Hall–Kier alpha value is -2.09. The highest BCUT2D eigenvalue weighted by atomic mass is 32.2. The molecule has 7 nitrogen and oxygen atoms in total. The third kappa shape index (κ3) is 3.76. The van der Waals surface area contributed by atoms with E-state index in [1.807, 2.05) is 0 Å². The number of rotatable bonds is 3. The molecule has 17 heavy (non-hydrogen) atoms. The summed E-state index contributed by atoms with van der Waals surface area (Å²) in [6.07, 6.45) is 2.94. The highest BCUT2D eigenvalue weighted by molar-refractivity contribution is 8.13. The Bertz CT molecular complexity index is 487. The van der Waals surface area contributed by atoms with Gasteiger partial charge in [0.1, 0.15) is 5.75 Å². The summed E-state index contributed by atoms with van der Waals surface area (Å²) in [7, 11) is 0. The number of non-ortho nitro benzene ring substituents is 1. The first-order valence-corrected chi connectivity index (χ1v) is 5.65. The minimum absolute atomic E-state index is 0.114. The molecule has 0 heterocycles. The van der Waals surface area contributed by atoms with Gasteiger partial charge in [0, 0.05) is 17.7 Å². The number of amidine groups is 1. The van der Waals surface area contributed by atoms with Crippen molar-refractivity contribution in [2.24, 2.45) is 15.9 Å². The van der Waals surface area contributed by atoms with Crippen LogP contribution in [0.5, 0.6) is 5.75 Å². The maximum Gasteiger partial charge on any atom is 0.270 e. The zero-order chi connectivity index (χ0) is 12.8. The molecule has 0 radical (unpaired) electrons. The Kier molecular flexibility index (Phi) is 4.46. The Morgan fingerprint density at radius 1 is 1.65 bits per heavy atom. The standard InChI is InChI=1S/C9H10N4O3S/c1-17-9(10)12-11-5-6-4-7(13(15)16)2-3-8(6)14/h2-5,14H,1H3,(H2,10,12). The average molecular weight is 254 g/mol. The fourth-order valence-corrected chi connectivity index (χ4v) is 1.08. The molecule has 0 atom stereocenters. The molecule has 0 unspecified atom stereocenters. The third-order valence-corrected chi connectivity index (χ3v) is 2.28. The zero-order valence-electron chi connectivity index (χ0n) is 8.90. The molecule has 90 valence electrons. The lowest BCUT2D eigenvalue weighted by Gasteiger charge is -1.97. The quantitative estimate of drug-likeness (QED) is 0.365. The lowest BCUT2D eigenvalue weighted by atomic mass is 10.2. The van der Waals surface area contributed by atoms with Crippen molar-refractivity contribution in [1.82, 2.24) is 0 Å². The van der Waals surface area contributed by atoms with E-state index in [0.29, 0.717) is 0 Å². The number of hydrogen-bond acceptors (Lipinski definition) is 6. The summed E-state index contributed by atoms with van der Waals surface area (Å²) in [5, 5.41) is 27.4. The number of hydrogen-bond donors (Lipinski definition) is 2. The van der Waals surface area contributed by atoms with Crippen molar-refractivity contribution in [3.8, 4) is 5.75 Å². The Labute approximate surface area is 101 Å². The number of phenols is 1. The minimum Gasteiger partial charge on any atom is -0.507 e. The maximum atomic E-state index is 10.5. The van der Waals surface area contributed by atoms with Crippen molar-refractivity contribution in [2.75, 3.05) is 6.26 Å². The van der Waals surface area contributed by atoms with Crippen LogP contribution >= 0.6 is 11.8 Å². The molecule has 3 N–H and O–H groups in total. The molecule has 0 fully saturated rings. The van der Waals surface area contributed by atoms with Crippen LogP contribution in [-0.2, 0) is 0 Å². The fraction of sp³-hybridized carbons (Fsp3) is 0.111. The molecule has 0 saturated carbocycles. The average Bonchev–Trinajstić information content (AvgIpc) is 2.30. The largest absolute Gasteiger partial charge is 0.507 e. The topological polar surface area (TPSA) is 114 Å². The number of nitro benzene ring substituents is 1. The Morgan fingerprint density at radius 3 is 2.94 bits per heavy atom. The smallest absolute Gasteiger partial charge is 0.270 e. The number of benzene rings is 1. The van der Waals surface area contributed by atoms with E-state index in [0.717, 1.165) is 0 Å². The van der Waals surface area contributed by atoms with E-state index in [1.165, 1.54) is 36.2 Å². The molecule has 0 aromatic heterocycles. The maximum absolute atomic E-state index is 10.5. The number of phenolic OH excluding ortho intramolecular Hbond substituents is 1. The first-order valence-electron chi connectivity index (χ1n) is 4.42. The van der Waals surface area contributed by atoms with Gasteiger partial charge in [0.2, 0.25) is 0 Å². The highest BCUT2D eigenvalue weighted by Crippen LogP contribution is 2.21. The molecule has 0 bridgehead atoms. The molecule has 0 aliphatic carbocycles. The molecule has 8 heteroatoms. The van der Waals surface area contributed by atoms with Crippen LogP contribution in [0.4, 0.5) is 5.69 Å². The first-order chi connectivity index (χ1) is 8.04. The van der Waals surface area contributed by atoms with Gasteiger partial charge in [-0.05, 0) is 12.3 Å². The van der Waals surface area contributed by atoms with Crippen LogP contribution < -0.4 is 5.73 Å². The Morgan fingerprint density at radius 2 is 2.35 bits per heavy atom. The van der Waals surface area contributed by atoms with E-state index in [9.17, 15) is 15.2 Å². The van der Waals surface area contributed by atoms with Gasteiger partial charge in [0.15, 0.2) is 5.17 Å². The summed E-state index contributed by atoms with van der Waals surface area (Å²) < 4.78 is 0. The van der Waals surface area contributed by atoms with Crippen LogP contribution in [0, 0.1) is 10.1 Å². The normalized spacial score (nSPS) is 11.9. The predicted molar refractivity (Wildman–Crippen MR) is 67.5 cm³/mol. The summed E-state index contributed by atoms with van der Waals surface area (Å²) in [5.74, 6) is -0.114. The van der Waals surface area contributed by atoms with Crippen LogP contribution in [0.2, 0.25) is 0 Å². The van der Waals surface area contributed by atoms with Crippen molar-refractivity contribution in [1.29, 1.82) is 0 Å². The van der Waals surface area contributed by atoms with Crippen molar-refractivity contribution in [2.45, 2.75) is 0 Å². The summed E-state index contributed by atoms with van der Waals surface area (Å²) in [6, 6.07) is 3.62. The molecule has 0 aliphatic rings. The van der Waals surface area contributed by atoms with E-state index in [-0.39, 0.29) is 22.2 Å². The van der Waals surface area contributed by atoms with Crippen molar-refractivity contribution >= 4 is 28.8 Å². The van der Waals surface area contributed by atoms with Crippen molar-refractivity contribution < 1.29 is 10.0 Å². The second-order valence-electron chi connectivity index (χ2n) is 2.89. The minimum atomic E-state index is -0.559. The van der Waals surface area contributed by atoms with Gasteiger partial charge in [-0.25, -0.2) is 0 Å². The van der Waals surface area contributed by atoms with Gasteiger partial charge < -0.3 is 10.8 Å². The molecule has 0 saturated heterocycles. The number of thioether (sulfide) groups is 1. The summed E-state index contributed by atoms with van der Waals surface area (Å²) in [5.41, 5.74) is 5.45. The van der Waals surface area contributed by atoms with Gasteiger partial charge in [0.25, 0.3) is 5.69 Å². The Balaban J connectivity index is 2.98. The van der Waals surface area contributed by atoms with Gasteiger partial charge in [-0.1, -0.05) is 11.8 Å². The number of nitro groups is 1. The van der Waals surface area contributed by atoms with Crippen LogP contribution in [0.3, 0.4) is 0 Å². The predicted octanol–water partition coefficient (Wildman–Crippen LogP) is 1.31. The highest BCUT2D eigenvalue weighted by Gasteiger charge is 2.08. The van der Waals surface area contributed by atoms with Gasteiger partial charge >= 0.3 is 0 Å². The second-order valence-corrected chi connectivity index (χ2v) is 3.71. The van der Waals surface area contributed by atoms with Crippen LogP contribution in [0.1, 0.15) is 5.56 Å².